The second-order valence-electron chi connectivity index (χ2n) is 4.16. The molecule has 0 heterocycles. The van der Waals surface area contributed by atoms with E-state index in [9.17, 15) is 4.39 Å². The molecule has 5 heteroatoms. The summed E-state index contributed by atoms with van der Waals surface area (Å²) < 4.78 is 24.5. The third-order valence-electron chi connectivity index (χ3n) is 2.88. The number of nitriles is 2. The van der Waals surface area contributed by atoms with Gasteiger partial charge in [0.15, 0.2) is 11.5 Å². The average molecular weight is 282 g/mol. The minimum atomic E-state index is -0.590. The molecule has 0 N–H and O–H groups in total. The smallest absolute Gasteiger partial charge is 0.162 e. The summed E-state index contributed by atoms with van der Waals surface area (Å²) in [5.41, 5.74) is 0.695. The number of hydrogen-bond donors (Lipinski definition) is 0. The third-order valence-corrected chi connectivity index (χ3v) is 2.88. The van der Waals surface area contributed by atoms with Crippen LogP contribution in [-0.2, 0) is 6.61 Å². The highest BCUT2D eigenvalue weighted by Gasteiger charge is 2.10. The molecule has 0 spiro atoms. The van der Waals surface area contributed by atoms with Crippen molar-refractivity contribution in [2.45, 2.75) is 6.61 Å². The molecule has 0 saturated heterocycles. The summed E-state index contributed by atoms with van der Waals surface area (Å²) >= 11 is 0. The van der Waals surface area contributed by atoms with Crippen molar-refractivity contribution in [2.75, 3.05) is 7.11 Å². The second-order valence-corrected chi connectivity index (χ2v) is 4.16. The Hall–Kier alpha value is -3.05. The van der Waals surface area contributed by atoms with Crippen LogP contribution in [0.4, 0.5) is 4.39 Å². The normalized spacial score (nSPS) is 9.52. The van der Waals surface area contributed by atoms with Gasteiger partial charge in [0.2, 0.25) is 0 Å². The summed E-state index contributed by atoms with van der Waals surface area (Å²) in [5.74, 6) is 0.205. The van der Waals surface area contributed by atoms with E-state index in [1.165, 1.54) is 19.2 Å². The van der Waals surface area contributed by atoms with Crippen LogP contribution in [0.25, 0.3) is 0 Å². The predicted molar refractivity (Wildman–Crippen MR) is 73.2 cm³/mol. The maximum absolute atomic E-state index is 13.9. The molecule has 0 fully saturated rings. The van der Waals surface area contributed by atoms with Crippen LogP contribution < -0.4 is 9.47 Å². The fourth-order valence-electron chi connectivity index (χ4n) is 1.79. The van der Waals surface area contributed by atoms with E-state index in [2.05, 4.69) is 0 Å². The van der Waals surface area contributed by atoms with Crippen molar-refractivity contribution in [1.82, 2.24) is 0 Å². The summed E-state index contributed by atoms with van der Waals surface area (Å²) in [7, 11) is 1.46. The van der Waals surface area contributed by atoms with Crippen molar-refractivity contribution < 1.29 is 13.9 Å². The van der Waals surface area contributed by atoms with Crippen LogP contribution in [0.5, 0.6) is 11.5 Å². The molecule has 4 nitrogen and oxygen atoms in total. The topological polar surface area (TPSA) is 66.0 Å². The average Bonchev–Trinajstić information content (AvgIpc) is 2.53. The van der Waals surface area contributed by atoms with Gasteiger partial charge >= 0.3 is 0 Å². The molecule has 2 aromatic carbocycles. The van der Waals surface area contributed by atoms with E-state index in [-0.39, 0.29) is 17.7 Å². The first-order chi connectivity index (χ1) is 10.2. The molecule has 2 rings (SSSR count). The Morgan fingerprint density at radius 2 is 1.90 bits per heavy atom. The molecule has 0 bridgehead atoms. The first kappa shape index (κ1) is 14.4. The Labute approximate surface area is 121 Å². The summed E-state index contributed by atoms with van der Waals surface area (Å²) in [6.07, 6.45) is 0. The maximum atomic E-state index is 13.9. The Morgan fingerprint density at radius 1 is 1.10 bits per heavy atom. The standard InChI is InChI=1S/C16H11FN2O2/c1-20-15-7-11(8-18)5-6-14(15)21-10-13-4-2-3-12(9-19)16(13)17/h2-7H,10H2,1H3. The molecule has 0 aliphatic heterocycles. The summed E-state index contributed by atoms with van der Waals surface area (Å²) in [5, 5.41) is 17.6. The summed E-state index contributed by atoms with van der Waals surface area (Å²) in [6.45, 7) is -0.0381. The fourth-order valence-corrected chi connectivity index (χ4v) is 1.79. The Balaban J connectivity index is 2.21. The van der Waals surface area contributed by atoms with E-state index in [0.29, 0.717) is 17.1 Å². The highest BCUT2D eigenvalue weighted by molar-refractivity contribution is 5.47. The number of benzene rings is 2. The van der Waals surface area contributed by atoms with E-state index in [1.54, 1.807) is 30.3 Å². The van der Waals surface area contributed by atoms with Gasteiger partial charge in [-0.15, -0.1) is 0 Å². The lowest BCUT2D eigenvalue weighted by Gasteiger charge is -2.11. The van der Waals surface area contributed by atoms with Crippen LogP contribution in [0.3, 0.4) is 0 Å². The van der Waals surface area contributed by atoms with Crippen molar-refractivity contribution in [3.05, 3.63) is 58.9 Å². The van der Waals surface area contributed by atoms with Crippen LogP contribution in [-0.4, -0.2) is 7.11 Å². The predicted octanol–water partition coefficient (Wildman–Crippen LogP) is 3.16. The van der Waals surface area contributed by atoms with Gasteiger partial charge in [-0.25, -0.2) is 4.39 Å². The zero-order valence-electron chi connectivity index (χ0n) is 11.3. The molecule has 0 atom stereocenters. The molecule has 0 aromatic heterocycles. The molecule has 104 valence electrons. The van der Waals surface area contributed by atoms with Gasteiger partial charge in [-0.1, -0.05) is 12.1 Å². The van der Waals surface area contributed by atoms with Gasteiger partial charge in [-0.3, -0.25) is 0 Å². The van der Waals surface area contributed by atoms with Gasteiger partial charge in [0.25, 0.3) is 0 Å². The molecular formula is C16H11FN2O2. The molecule has 21 heavy (non-hydrogen) atoms. The highest BCUT2D eigenvalue weighted by atomic mass is 19.1. The minimum Gasteiger partial charge on any atom is -0.493 e. The first-order valence-electron chi connectivity index (χ1n) is 6.08. The zero-order valence-corrected chi connectivity index (χ0v) is 11.3. The Bertz CT molecular complexity index is 745. The van der Waals surface area contributed by atoms with Crippen molar-refractivity contribution >= 4 is 0 Å². The van der Waals surface area contributed by atoms with Crippen LogP contribution >= 0.6 is 0 Å². The third kappa shape index (κ3) is 3.10. The van der Waals surface area contributed by atoms with E-state index < -0.39 is 5.82 Å². The van der Waals surface area contributed by atoms with E-state index in [1.807, 2.05) is 6.07 Å². The number of ether oxygens (including phenoxy) is 2. The fraction of sp³-hybridized carbons (Fsp3) is 0.125. The van der Waals surface area contributed by atoms with Crippen LogP contribution in [0, 0.1) is 28.5 Å². The molecule has 0 radical (unpaired) electrons. The molecule has 0 unspecified atom stereocenters. The summed E-state index contributed by atoms with van der Waals surface area (Å²) in [4.78, 5) is 0. The van der Waals surface area contributed by atoms with Gasteiger partial charge in [-0.2, -0.15) is 10.5 Å². The van der Waals surface area contributed by atoms with E-state index >= 15 is 0 Å². The van der Waals surface area contributed by atoms with E-state index in [4.69, 9.17) is 20.0 Å². The van der Waals surface area contributed by atoms with Crippen LogP contribution in [0.15, 0.2) is 36.4 Å². The van der Waals surface area contributed by atoms with Crippen LogP contribution in [0.2, 0.25) is 0 Å². The van der Waals surface area contributed by atoms with Crippen molar-refractivity contribution in [3.8, 4) is 23.6 Å². The number of hydrogen-bond acceptors (Lipinski definition) is 4. The van der Waals surface area contributed by atoms with Gasteiger partial charge in [0, 0.05) is 11.6 Å². The quantitative estimate of drug-likeness (QED) is 0.864. The molecule has 0 aliphatic rings. The van der Waals surface area contributed by atoms with Crippen molar-refractivity contribution in [2.24, 2.45) is 0 Å². The van der Waals surface area contributed by atoms with Crippen molar-refractivity contribution in [1.29, 1.82) is 10.5 Å². The number of methoxy groups -OCH3 is 1. The van der Waals surface area contributed by atoms with Crippen molar-refractivity contribution in [3.63, 3.8) is 0 Å². The van der Waals surface area contributed by atoms with Crippen LogP contribution in [0.1, 0.15) is 16.7 Å². The lowest BCUT2D eigenvalue weighted by molar-refractivity contribution is 0.279. The minimum absolute atomic E-state index is 0.0251. The van der Waals surface area contributed by atoms with Gasteiger partial charge < -0.3 is 9.47 Å². The number of halogens is 1. The molecule has 0 aliphatic carbocycles. The molecule has 0 saturated carbocycles. The molecule has 2 aromatic rings. The SMILES string of the molecule is COc1cc(C#N)ccc1OCc1cccc(C#N)c1F. The molecule has 0 amide bonds. The zero-order chi connectivity index (χ0) is 15.2. The Morgan fingerprint density at radius 3 is 2.57 bits per heavy atom. The van der Waals surface area contributed by atoms with Gasteiger partial charge in [0.05, 0.1) is 24.3 Å². The lowest BCUT2D eigenvalue weighted by atomic mass is 10.1. The largest absolute Gasteiger partial charge is 0.493 e. The summed E-state index contributed by atoms with van der Waals surface area (Å²) in [6, 6.07) is 13.0. The van der Waals surface area contributed by atoms with Gasteiger partial charge in [-0.05, 0) is 18.2 Å². The highest BCUT2D eigenvalue weighted by Crippen LogP contribution is 2.29. The monoisotopic (exact) mass is 282 g/mol. The molecular weight excluding hydrogens is 271 g/mol. The maximum Gasteiger partial charge on any atom is 0.162 e. The second kappa shape index (κ2) is 6.40. The number of rotatable bonds is 4. The Kier molecular flexibility index (Phi) is 4.38. The first-order valence-corrected chi connectivity index (χ1v) is 6.08. The van der Waals surface area contributed by atoms with E-state index in [0.717, 1.165) is 0 Å². The lowest BCUT2D eigenvalue weighted by Crippen LogP contribution is -2.01. The number of nitrogens with zero attached hydrogens (tertiary/aromatic N) is 2. The van der Waals surface area contributed by atoms with Gasteiger partial charge in [0.1, 0.15) is 18.5 Å².